The van der Waals surface area contributed by atoms with Crippen molar-refractivity contribution >= 4 is 44.7 Å². The fourth-order valence-electron chi connectivity index (χ4n) is 8.64. The third kappa shape index (κ3) is 9.77. The third-order valence-electron chi connectivity index (χ3n) is 12.0. The molecule has 59 heavy (non-hydrogen) atoms. The van der Waals surface area contributed by atoms with E-state index in [0.717, 1.165) is 37.7 Å². The predicted octanol–water partition coefficient (Wildman–Crippen LogP) is 6.02. The molecule has 2 aromatic carbocycles. The van der Waals surface area contributed by atoms with E-state index in [2.05, 4.69) is 15.4 Å². The lowest BCUT2D eigenvalue weighted by molar-refractivity contribution is -0.141. The average Bonchev–Trinajstić information content (AvgIpc) is 4.14. The summed E-state index contributed by atoms with van der Waals surface area (Å²) in [6, 6.07) is 14.9. The molecular weight excluding hydrogens is 775 g/mol. The molecule has 2 heterocycles. The number of pyridine rings is 1. The molecule has 0 bridgehead atoms. The number of hydrogen-bond donors (Lipinski definition) is 3. The number of benzene rings is 2. The Labute approximate surface area is 346 Å². The zero-order chi connectivity index (χ0) is 42.1. The summed E-state index contributed by atoms with van der Waals surface area (Å²) in [6.07, 6.45) is 5.76. The third-order valence-corrected chi connectivity index (χ3v) is 13.8. The molecule has 5 atom stereocenters. The molecule has 4 amide bonds. The van der Waals surface area contributed by atoms with E-state index in [4.69, 9.17) is 19.2 Å². The van der Waals surface area contributed by atoms with E-state index in [9.17, 15) is 27.6 Å². The highest BCUT2D eigenvalue weighted by Gasteiger charge is 2.62. The van der Waals surface area contributed by atoms with Gasteiger partial charge < -0.3 is 29.7 Å². The van der Waals surface area contributed by atoms with Crippen LogP contribution >= 0.6 is 0 Å². The molecule has 0 unspecified atom stereocenters. The molecule has 3 aromatic rings. The second-order valence-corrected chi connectivity index (χ2v) is 19.6. The standard InChI is InChI=1S/C44H57N5O9S/c1-6-29-25-44(29,41(52)48-59(54,55)32-18-19-32)47-39(50)37-23-31(26-49(37)40(51)36(21-27-13-9-7-10-14-27)46-42(53)58-43(2,3)4)57-38-24-34(28-15-11-8-12-16-28)45-35-22-30(56-5)17-20-33(35)38/h8,11-12,15-17,20,22,24,27,29,31-32,36-37H,6-7,9-10,13-14,18-19,21,23,25-26H2,1-5H3,(H,46,53)(H,47,50)(H,48,52)/t29-,31+,36-,37-,44-/m0/s1. The van der Waals surface area contributed by atoms with Gasteiger partial charge in [-0.25, -0.2) is 18.2 Å². The average molecular weight is 832 g/mol. The molecule has 3 aliphatic carbocycles. The molecule has 7 rings (SSSR count). The van der Waals surface area contributed by atoms with E-state index < -0.39 is 68.4 Å². The molecule has 0 spiro atoms. The number of nitrogens with one attached hydrogen (secondary N) is 3. The van der Waals surface area contributed by atoms with Crippen LogP contribution in [0.4, 0.5) is 4.79 Å². The number of rotatable bonds is 14. The molecule has 3 saturated carbocycles. The molecule has 14 nitrogen and oxygen atoms in total. The summed E-state index contributed by atoms with van der Waals surface area (Å²) < 4.78 is 45.8. The number of nitrogens with zero attached hydrogens (tertiary/aromatic N) is 2. The van der Waals surface area contributed by atoms with Crippen molar-refractivity contribution in [1.82, 2.24) is 25.2 Å². The maximum Gasteiger partial charge on any atom is 0.408 e. The number of sulfonamides is 1. The van der Waals surface area contributed by atoms with E-state index in [1.165, 1.54) is 4.90 Å². The smallest absolute Gasteiger partial charge is 0.408 e. The minimum Gasteiger partial charge on any atom is -0.497 e. The molecule has 15 heteroatoms. The lowest BCUT2D eigenvalue weighted by Gasteiger charge is -2.32. The number of alkyl carbamates (subject to hydrolysis) is 1. The van der Waals surface area contributed by atoms with Gasteiger partial charge in [0.15, 0.2) is 0 Å². The van der Waals surface area contributed by atoms with Gasteiger partial charge in [0, 0.05) is 29.5 Å². The number of amides is 4. The summed E-state index contributed by atoms with van der Waals surface area (Å²) in [5, 5.41) is 5.85. The maximum atomic E-state index is 14.9. The zero-order valence-electron chi connectivity index (χ0n) is 34.6. The van der Waals surface area contributed by atoms with Crippen LogP contribution < -0.4 is 24.8 Å². The Balaban J connectivity index is 1.21. The molecule has 1 saturated heterocycles. The summed E-state index contributed by atoms with van der Waals surface area (Å²) in [5.74, 6) is -0.810. The Kier molecular flexibility index (Phi) is 12.1. The van der Waals surface area contributed by atoms with Crippen LogP contribution in [-0.4, -0.2) is 90.3 Å². The first-order valence-electron chi connectivity index (χ1n) is 21.0. The quantitative estimate of drug-likeness (QED) is 0.174. The van der Waals surface area contributed by atoms with Gasteiger partial charge in [-0.05, 0) is 70.4 Å². The second kappa shape index (κ2) is 17.0. The molecule has 4 aliphatic rings. The van der Waals surface area contributed by atoms with E-state index in [1.54, 1.807) is 27.9 Å². The fraction of sp³-hybridized carbons (Fsp3) is 0.568. The van der Waals surface area contributed by atoms with E-state index in [1.807, 2.05) is 61.5 Å². The van der Waals surface area contributed by atoms with Crippen molar-refractivity contribution in [1.29, 1.82) is 0 Å². The second-order valence-electron chi connectivity index (χ2n) is 17.6. The minimum atomic E-state index is -3.88. The minimum absolute atomic E-state index is 0.00118. The fourth-order valence-corrected chi connectivity index (χ4v) is 10.00. The number of fused-ring (bicyclic) bond motifs is 1. The lowest BCUT2D eigenvalue weighted by atomic mass is 9.84. The highest BCUT2D eigenvalue weighted by atomic mass is 32.2. The summed E-state index contributed by atoms with van der Waals surface area (Å²) in [7, 11) is -2.30. The molecule has 1 aromatic heterocycles. The van der Waals surface area contributed by atoms with Crippen LogP contribution in [0.3, 0.4) is 0 Å². The summed E-state index contributed by atoms with van der Waals surface area (Å²) in [6.45, 7) is 7.13. The van der Waals surface area contributed by atoms with Crippen molar-refractivity contribution in [3.8, 4) is 22.8 Å². The maximum absolute atomic E-state index is 14.9. The molecular formula is C44H57N5O9S. The highest BCUT2D eigenvalue weighted by molar-refractivity contribution is 7.91. The number of carbonyl (C=O) groups excluding carboxylic acids is 4. The lowest BCUT2D eigenvalue weighted by Crippen LogP contribution is -2.58. The number of hydrogen-bond acceptors (Lipinski definition) is 10. The molecule has 318 valence electrons. The summed E-state index contributed by atoms with van der Waals surface area (Å²) in [4.78, 5) is 62.8. The van der Waals surface area contributed by atoms with Crippen molar-refractivity contribution in [2.45, 2.75) is 133 Å². The Bertz CT molecular complexity index is 2170. The van der Waals surface area contributed by atoms with Gasteiger partial charge in [0.25, 0.3) is 5.91 Å². The first kappa shape index (κ1) is 42.2. The first-order valence-corrected chi connectivity index (χ1v) is 22.5. The van der Waals surface area contributed by atoms with E-state index in [0.29, 0.717) is 53.8 Å². The van der Waals surface area contributed by atoms with Gasteiger partial charge in [0.2, 0.25) is 21.8 Å². The largest absolute Gasteiger partial charge is 0.497 e. The van der Waals surface area contributed by atoms with E-state index in [-0.39, 0.29) is 31.2 Å². The van der Waals surface area contributed by atoms with Gasteiger partial charge in [0.1, 0.15) is 40.8 Å². The normalized spacial score (nSPS) is 23.9. The van der Waals surface area contributed by atoms with Gasteiger partial charge in [-0.1, -0.05) is 75.8 Å². The van der Waals surface area contributed by atoms with Crippen LogP contribution in [-0.2, 0) is 29.1 Å². The van der Waals surface area contributed by atoms with Crippen molar-refractivity contribution < 1.29 is 41.8 Å². The topological polar surface area (TPSA) is 182 Å². The first-order chi connectivity index (χ1) is 28.1. The van der Waals surface area contributed by atoms with Crippen molar-refractivity contribution in [3.63, 3.8) is 0 Å². The summed E-state index contributed by atoms with van der Waals surface area (Å²) in [5.41, 5.74) is -0.103. The number of carbonyl (C=O) groups is 4. The van der Waals surface area contributed by atoms with Crippen molar-refractivity contribution in [2.75, 3.05) is 13.7 Å². The van der Waals surface area contributed by atoms with E-state index >= 15 is 0 Å². The molecule has 0 radical (unpaired) electrons. The molecule has 4 fully saturated rings. The van der Waals surface area contributed by atoms with Crippen molar-refractivity contribution in [3.05, 3.63) is 54.6 Å². The van der Waals surface area contributed by atoms with Gasteiger partial charge in [-0.2, -0.15) is 0 Å². The number of methoxy groups -OCH3 is 1. The van der Waals surface area contributed by atoms with Crippen LogP contribution in [0.1, 0.15) is 98.3 Å². The number of ether oxygens (including phenoxy) is 3. The summed E-state index contributed by atoms with van der Waals surface area (Å²) >= 11 is 0. The van der Waals surface area contributed by atoms with Crippen LogP contribution in [0.15, 0.2) is 54.6 Å². The Hall–Kier alpha value is -4.92. The zero-order valence-corrected chi connectivity index (χ0v) is 35.4. The Morgan fingerprint density at radius 3 is 2.36 bits per heavy atom. The Morgan fingerprint density at radius 2 is 1.71 bits per heavy atom. The SMILES string of the molecule is CC[C@H]1C[C@@]1(NC(=O)[C@@H]1C[C@@H](Oc2cc(-c3ccccc3)nc3cc(OC)ccc23)CN1C(=O)[C@H](CC1CCCCC1)NC(=O)OC(C)(C)C)C(=O)NS(=O)(=O)C1CC1. The van der Waals surface area contributed by atoms with Crippen molar-refractivity contribution in [2.24, 2.45) is 11.8 Å². The monoisotopic (exact) mass is 831 g/mol. The molecule has 1 aliphatic heterocycles. The van der Waals surface area contributed by atoms with Crippen LogP contribution in [0.2, 0.25) is 0 Å². The van der Waals surface area contributed by atoms with Gasteiger partial charge in [0.05, 0.1) is 30.1 Å². The van der Waals surface area contributed by atoms with Gasteiger partial charge in [-0.15, -0.1) is 0 Å². The van der Waals surface area contributed by atoms with Crippen LogP contribution in [0.5, 0.6) is 11.5 Å². The number of aromatic nitrogens is 1. The predicted molar refractivity (Wildman–Crippen MR) is 222 cm³/mol. The Morgan fingerprint density at radius 1 is 0.983 bits per heavy atom. The number of likely N-dealkylation sites (tertiary alicyclic amines) is 1. The van der Waals surface area contributed by atoms with Gasteiger partial charge in [-0.3, -0.25) is 19.1 Å². The van der Waals surface area contributed by atoms with Crippen LogP contribution in [0, 0.1) is 11.8 Å². The van der Waals surface area contributed by atoms with Gasteiger partial charge >= 0.3 is 6.09 Å². The molecule has 3 N–H and O–H groups in total. The van der Waals surface area contributed by atoms with Crippen LogP contribution in [0.25, 0.3) is 22.2 Å². The highest BCUT2D eigenvalue weighted by Crippen LogP contribution is 2.47.